The Balaban J connectivity index is 2.08. The van der Waals surface area contributed by atoms with Crippen LogP contribution in [0.4, 0.5) is 0 Å². The Bertz CT molecular complexity index is 296. The van der Waals surface area contributed by atoms with Crippen molar-refractivity contribution in [3.05, 3.63) is 0 Å². The lowest BCUT2D eigenvalue weighted by molar-refractivity contribution is -0.143. The monoisotopic (exact) mass is 270 g/mol. The Kier molecular flexibility index (Phi) is 4.96. The highest BCUT2D eigenvalue weighted by molar-refractivity contribution is 7.99. The summed E-state index contributed by atoms with van der Waals surface area (Å²) in [7, 11) is 0. The van der Waals surface area contributed by atoms with E-state index in [-0.39, 0.29) is 6.04 Å². The van der Waals surface area contributed by atoms with Gasteiger partial charge in [0.05, 0.1) is 6.04 Å². The molecule has 2 atom stereocenters. The van der Waals surface area contributed by atoms with E-state index in [4.69, 9.17) is 0 Å². The molecule has 1 amide bonds. The second-order valence-electron chi connectivity index (χ2n) is 5.77. The zero-order valence-corrected chi connectivity index (χ0v) is 12.7. The van der Waals surface area contributed by atoms with E-state index in [2.05, 4.69) is 30.6 Å². The van der Waals surface area contributed by atoms with Crippen molar-refractivity contribution in [2.45, 2.75) is 58.2 Å². The first-order valence-corrected chi connectivity index (χ1v) is 8.40. The lowest BCUT2D eigenvalue weighted by Crippen LogP contribution is -2.56. The second-order valence-corrected chi connectivity index (χ2v) is 7.00. The van der Waals surface area contributed by atoms with Crippen LogP contribution >= 0.6 is 11.8 Å². The van der Waals surface area contributed by atoms with Crippen LogP contribution in [0.2, 0.25) is 0 Å². The molecule has 18 heavy (non-hydrogen) atoms. The molecule has 0 aliphatic carbocycles. The molecular weight excluding hydrogens is 244 g/mol. The molecule has 2 aliphatic rings. The van der Waals surface area contributed by atoms with Gasteiger partial charge in [0.15, 0.2) is 0 Å². The van der Waals surface area contributed by atoms with Crippen molar-refractivity contribution in [1.29, 1.82) is 0 Å². The molecule has 0 radical (unpaired) electrons. The molecule has 0 N–H and O–H groups in total. The smallest absolute Gasteiger partial charge is 0.240 e. The molecule has 2 fully saturated rings. The van der Waals surface area contributed by atoms with Gasteiger partial charge >= 0.3 is 0 Å². The Morgan fingerprint density at radius 2 is 2.00 bits per heavy atom. The Morgan fingerprint density at radius 3 is 2.72 bits per heavy atom. The third kappa shape index (κ3) is 3.02. The first-order valence-electron chi connectivity index (χ1n) is 7.25. The first-order chi connectivity index (χ1) is 8.61. The molecule has 3 nitrogen and oxygen atoms in total. The van der Waals surface area contributed by atoms with Crippen molar-refractivity contribution in [3.8, 4) is 0 Å². The fraction of sp³-hybridized carbons (Fsp3) is 0.929. The van der Waals surface area contributed by atoms with Crippen LogP contribution in [-0.2, 0) is 4.79 Å². The number of rotatable bonds is 2. The predicted octanol–water partition coefficient (Wildman–Crippen LogP) is 2.21. The van der Waals surface area contributed by atoms with Gasteiger partial charge in [-0.15, -0.1) is 0 Å². The Morgan fingerprint density at radius 1 is 1.22 bits per heavy atom. The quantitative estimate of drug-likeness (QED) is 0.768. The molecule has 0 aromatic rings. The van der Waals surface area contributed by atoms with Crippen molar-refractivity contribution in [1.82, 2.24) is 9.80 Å². The van der Waals surface area contributed by atoms with Gasteiger partial charge in [-0.2, -0.15) is 11.8 Å². The van der Waals surface area contributed by atoms with Gasteiger partial charge < -0.3 is 4.90 Å². The lowest BCUT2D eigenvalue weighted by Gasteiger charge is -2.42. The fourth-order valence-electron chi connectivity index (χ4n) is 3.08. The topological polar surface area (TPSA) is 23.6 Å². The second kappa shape index (κ2) is 6.29. The van der Waals surface area contributed by atoms with E-state index < -0.39 is 0 Å². The molecule has 2 rings (SSSR count). The van der Waals surface area contributed by atoms with Crippen LogP contribution in [0.3, 0.4) is 0 Å². The van der Waals surface area contributed by atoms with Gasteiger partial charge in [-0.05, 0) is 45.8 Å². The maximum Gasteiger partial charge on any atom is 0.240 e. The number of nitrogens with zero attached hydrogens (tertiary/aromatic N) is 2. The van der Waals surface area contributed by atoms with E-state index in [0.29, 0.717) is 18.0 Å². The number of hydrogen-bond donors (Lipinski definition) is 0. The summed E-state index contributed by atoms with van der Waals surface area (Å²) in [6.45, 7) is 8.57. The van der Waals surface area contributed by atoms with Gasteiger partial charge in [-0.1, -0.05) is 0 Å². The largest absolute Gasteiger partial charge is 0.339 e. The molecule has 0 spiro atoms. The van der Waals surface area contributed by atoms with Crippen LogP contribution in [0.15, 0.2) is 0 Å². The van der Waals surface area contributed by atoms with Crippen molar-refractivity contribution < 1.29 is 4.79 Å². The minimum absolute atomic E-state index is 0.148. The predicted molar refractivity (Wildman–Crippen MR) is 78.0 cm³/mol. The van der Waals surface area contributed by atoms with E-state index in [1.165, 1.54) is 17.9 Å². The number of amides is 1. The number of likely N-dealkylation sites (tertiary alicyclic amines) is 1. The standard InChI is InChI=1S/C14H26N2OS/c1-11(2)15-7-4-5-13(14(15)17)16-8-10-18-9-6-12(16)3/h11-13H,4-10H2,1-3H3/t12-,13+/m1/s1. The van der Waals surface area contributed by atoms with E-state index in [1.54, 1.807) is 0 Å². The van der Waals surface area contributed by atoms with Gasteiger partial charge in [0.25, 0.3) is 0 Å². The lowest BCUT2D eigenvalue weighted by atomic mass is 9.99. The highest BCUT2D eigenvalue weighted by atomic mass is 32.2. The van der Waals surface area contributed by atoms with E-state index >= 15 is 0 Å². The first kappa shape index (κ1) is 14.2. The molecule has 0 unspecified atom stereocenters. The third-order valence-corrected chi connectivity index (χ3v) is 5.20. The van der Waals surface area contributed by atoms with Crippen LogP contribution in [0.25, 0.3) is 0 Å². The van der Waals surface area contributed by atoms with Gasteiger partial charge in [-0.3, -0.25) is 9.69 Å². The summed E-state index contributed by atoms with van der Waals surface area (Å²) in [6, 6.07) is 1.05. The van der Waals surface area contributed by atoms with Gasteiger partial charge in [0.2, 0.25) is 5.91 Å². The molecule has 2 aliphatic heterocycles. The zero-order valence-electron chi connectivity index (χ0n) is 11.9. The molecule has 4 heteroatoms. The van der Waals surface area contributed by atoms with E-state index in [1.807, 2.05) is 11.8 Å². The summed E-state index contributed by atoms with van der Waals surface area (Å²) in [4.78, 5) is 17.1. The molecule has 2 saturated heterocycles. The van der Waals surface area contributed by atoms with Gasteiger partial charge in [0, 0.05) is 30.9 Å². The van der Waals surface area contributed by atoms with Crippen molar-refractivity contribution in [2.75, 3.05) is 24.6 Å². The maximum atomic E-state index is 12.6. The number of hydrogen-bond acceptors (Lipinski definition) is 3. The normalized spacial score (nSPS) is 31.8. The van der Waals surface area contributed by atoms with Gasteiger partial charge in [0.1, 0.15) is 0 Å². The van der Waals surface area contributed by atoms with Crippen LogP contribution in [0.5, 0.6) is 0 Å². The van der Waals surface area contributed by atoms with Crippen LogP contribution in [0, 0.1) is 0 Å². The molecular formula is C14H26N2OS. The van der Waals surface area contributed by atoms with Crippen LogP contribution in [0.1, 0.15) is 40.0 Å². The van der Waals surface area contributed by atoms with Crippen molar-refractivity contribution >= 4 is 17.7 Å². The number of carbonyl (C=O) groups is 1. The summed E-state index contributed by atoms with van der Waals surface area (Å²) < 4.78 is 0. The third-order valence-electron chi connectivity index (χ3n) is 4.21. The number of thioether (sulfide) groups is 1. The molecule has 104 valence electrons. The molecule has 0 saturated carbocycles. The average Bonchev–Trinajstić information content (AvgIpc) is 2.54. The average molecular weight is 270 g/mol. The summed E-state index contributed by atoms with van der Waals surface area (Å²) in [6.07, 6.45) is 3.43. The molecule has 2 heterocycles. The SMILES string of the molecule is CC(C)N1CCC[C@H](N2CCSCC[C@H]2C)C1=O. The van der Waals surface area contributed by atoms with Gasteiger partial charge in [-0.25, -0.2) is 0 Å². The summed E-state index contributed by atoms with van der Waals surface area (Å²) in [5.41, 5.74) is 0. The summed E-state index contributed by atoms with van der Waals surface area (Å²) in [5, 5.41) is 0. The number of piperidine rings is 1. The number of carbonyl (C=O) groups excluding carboxylic acids is 1. The van der Waals surface area contributed by atoms with Crippen molar-refractivity contribution in [2.24, 2.45) is 0 Å². The van der Waals surface area contributed by atoms with E-state index in [9.17, 15) is 4.79 Å². The molecule has 0 aromatic heterocycles. The Hall–Kier alpha value is -0.220. The van der Waals surface area contributed by atoms with Crippen LogP contribution < -0.4 is 0 Å². The van der Waals surface area contributed by atoms with Crippen LogP contribution in [-0.4, -0.2) is 58.4 Å². The maximum absolute atomic E-state index is 12.6. The Labute approximate surface area is 115 Å². The summed E-state index contributed by atoms with van der Waals surface area (Å²) >= 11 is 2.03. The van der Waals surface area contributed by atoms with Crippen molar-refractivity contribution in [3.63, 3.8) is 0 Å². The zero-order chi connectivity index (χ0) is 13.1. The fourth-order valence-corrected chi connectivity index (χ4v) is 4.13. The minimum Gasteiger partial charge on any atom is -0.339 e. The highest BCUT2D eigenvalue weighted by Gasteiger charge is 2.36. The van der Waals surface area contributed by atoms with E-state index in [0.717, 1.165) is 25.9 Å². The molecule has 0 bridgehead atoms. The molecule has 0 aromatic carbocycles. The highest BCUT2D eigenvalue weighted by Crippen LogP contribution is 2.25. The summed E-state index contributed by atoms with van der Waals surface area (Å²) in [5.74, 6) is 2.79. The minimum atomic E-state index is 0.148.